The first-order chi connectivity index (χ1) is 12.7. The molecule has 3 heterocycles. The Morgan fingerprint density at radius 2 is 2.35 bits per heavy atom. The average Bonchev–Trinajstić information content (AvgIpc) is 3.33. The summed E-state index contributed by atoms with van der Waals surface area (Å²) in [6.07, 6.45) is 2.05. The van der Waals surface area contributed by atoms with Gasteiger partial charge in [0.15, 0.2) is 5.76 Å². The molecule has 142 valence electrons. The van der Waals surface area contributed by atoms with Crippen molar-refractivity contribution in [3.63, 3.8) is 0 Å². The van der Waals surface area contributed by atoms with Gasteiger partial charge in [-0.15, -0.1) is 23.1 Å². The summed E-state index contributed by atoms with van der Waals surface area (Å²) < 4.78 is 10.7. The average molecular weight is 396 g/mol. The van der Waals surface area contributed by atoms with Crippen LogP contribution < -0.4 is 10.6 Å². The lowest BCUT2D eigenvalue weighted by molar-refractivity contribution is -0.119. The highest BCUT2D eigenvalue weighted by Crippen LogP contribution is 2.28. The Morgan fingerprint density at radius 1 is 1.50 bits per heavy atom. The molecule has 1 aliphatic rings. The van der Waals surface area contributed by atoms with E-state index >= 15 is 0 Å². The Kier molecular flexibility index (Phi) is 7.13. The summed E-state index contributed by atoms with van der Waals surface area (Å²) in [5.74, 6) is 1.93. The first-order valence-corrected chi connectivity index (χ1v) is 10.8. The minimum Gasteiger partial charge on any atom is -0.384 e. The minimum atomic E-state index is 0.0576. The Hall–Kier alpha value is -1.35. The van der Waals surface area contributed by atoms with Crippen LogP contribution in [0.4, 0.5) is 0 Å². The van der Waals surface area contributed by atoms with Gasteiger partial charge in [-0.25, -0.2) is 0 Å². The molecule has 6 nitrogen and oxygen atoms in total. The second-order valence-electron chi connectivity index (χ2n) is 6.61. The summed E-state index contributed by atoms with van der Waals surface area (Å²) in [4.78, 5) is 13.3. The standard InChI is InChI=1S/C18H25N3O3S2/c1-23-13-18(4-6-19-7-5-18)12-20-17(22)11-25-10-14-9-15(24-21-14)16-3-2-8-26-16/h2-3,8-9,19H,4-7,10-13H2,1H3,(H,20,22). The van der Waals surface area contributed by atoms with Crippen molar-refractivity contribution in [3.05, 3.63) is 29.3 Å². The van der Waals surface area contributed by atoms with E-state index in [4.69, 9.17) is 9.26 Å². The third-order valence-corrected chi connectivity index (χ3v) is 6.43. The van der Waals surface area contributed by atoms with Crippen molar-refractivity contribution in [2.24, 2.45) is 5.41 Å². The molecule has 0 unspecified atom stereocenters. The minimum absolute atomic E-state index is 0.0576. The topological polar surface area (TPSA) is 76.4 Å². The van der Waals surface area contributed by atoms with Crippen molar-refractivity contribution in [3.8, 4) is 10.6 Å². The zero-order chi connectivity index (χ0) is 18.2. The van der Waals surface area contributed by atoms with Gasteiger partial charge in [-0.3, -0.25) is 4.79 Å². The molecule has 2 aromatic rings. The number of hydrogen-bond donors (Lipinski definition) is 2. The van der Waals surface area contributed by atoms with Gasteiger partial charge < -0.3 is 19.9 Å². The van der Waals surface area contributed by atoms with Crippen molar-refractivity contribution >= 4 is 29.0 Å². The number of thioether (sulfide) groups is 1. The maximum absolute atomic E-state index is 12.2. The smallest absolute Gasteiger partial charge is 0.230 e. The normalized spacial score (nSPS) is 16.5. The third-order valence-electron chi connectivity index (χ3n) is 4.58. The molecule has 0 radical (unpaired) electrons. The van der Waals surface area contributed by atoms with Gasteiger partial charge in [0.1, 0.15) is 0 Å². The molecule has 0 bridgehead atoms. The van der Waals surface area contributed by atoms with E-state index in [2.05, 4.69) is 15.8 Å². The number of methoxy groups -OCH3 is 1. The number of nitrogens with zero attached hydrogens (tertiary/aromatic N) is 1. The molecule has 0 aromatic carbocycles. The van der Waals surface area contributed by atoms with Crippen LogP contribution in [0.2, 0.25) is 0 Å². The number of nitrogens with one attached hydrogen (secondary N) is 2. The number of ether oxygens (including phenoxy) is 1. The molecule has 3 rings (SSSR count). The molecule has 1 saturated heterocycles. The number of aromatic nitrogens is 1. The summed E-state index contributed by atoms with van der Waals surface area (Å²) in [5.41, 5.74) is 0.919. The van der Waals surface area contributed by atoms with Crippen molar-refractivity contribution < 1.29 is 14.1 Å². The molecule has 1 fully saturated rings. The Balaban J connectivity index is 1.40. The number of rotatable bonds is 9. The molecule has 0 saturated carbocycles. The van der Waals surface area contributed by atoms with Crippen LogP contribution in [0, 0.1) is 5.41 Å². The van der Waals surface area contributed by atoms with Gasteiger partial charge in [0.25, 0.3) is 0 Å². The van der Waals surface area contributed by atoms with Gasteiger partial charge in [0.05, 0.1) is 22.9 Å². The van der Waals surface area contributed by atoms with E-state index in [1.807, 2.05) is 23.6 Å². The highest BCUT2D eigenvalue weighted by atomic mass is 32.2. The van der Waals surface area contributed by atoms with Crippen LogP contribution in [0.25, 0.3) is 10.6 Å². The molecule has 2 N–H and O–H groups in total. The van der Waals surface area contributed by atoms with Crippen molar-refractivity contribution in [2.75, 3.05) is 39.1 Å². The van der Waals surface area contributed by atoms with Crippen LogP contribution in [-0.4, -0.2) is 50.2 Å². The van der Waals surface area contributed by atoms with Crippen molar-refractivity contribution in [1.82, 2.24) is 15.8 Å². The maximum atomic E-state index is 12.2. The van der Waals surface area contributed by atoms with Crippen LogP contribution in [-0.2, 0) is 15.3 Å². The number of piperidine rings is 1. The second kappa shape index (κ2) is 9.55. The number of hydrogen-bond acceptors (Lipinski definition) is 7. The quantitative estimate of drug-likeness (QED) is 0.680. The van der Waals surface area contributed by atoms with Gasteiger partial charge in [0.2, 0.25) is 5.91 Å². The highest BCUT2D eigenvalue weighted by molar-refractivity contribution is 7.99. The van der Waals surface area contributed by atoms with Crippen molar-refractivity contribution in [1.29, 1.82) is 0 Å². The molecule has 2 aromatic heterocycles. The zero-order valence-electron chi connectivity index (χ0n) is 15.0. The van der Waals surface area contributed by atoms with Gasteiger partial charge in [-0.1, -0.05) is 11.2 Å². The Bertz CT molecular complexity index is 676. The van der Waals surface area contributed by atoms with Crippen LogP contribution in [0.15, 0.2) is 28.1 Å². The van der Waals surface area contributed by atoms with Crippen LogP contribution >= 0.6 is 23.1 Å². The Morgan fingerprint density at radius 3 is 3.08 bits per heavy atom. The third kappa shape index (κ3) is 5.33. The SMILES string of the molecule is COCC1(CNC(=O)CSCc2cc(-c3cccs3)on2)CCNCC1. The molecule has 1 aliphatic heterocycles. The predicted octanol–water partition coefficient (Wildman–Crippen LogP) is 2.77. The highest BCUT2D eigenvalue weighted by Gasteiger charge is 2.32. The zero-order valence-corrected chi connectivity index (χ0v) is 16.6. The lowest BCUT2D eigenvalue weighted by Crippen LogP contribution is -2.47. The van der Waals surface area contributed by atoms with Gasteiger partial charge in [-0.05, 0) is 37.4 Å². The molecule has 1 amide bonds. The number of thiophene rings is 1. The molecular formula is C18H25N3O3S2. The first-order valence-electron chi connectivity index (χ1n) is 8.74. The number of amides is 1. The largest absolute Gasteiger partial charge is 0.384 e. The summed E-state index contributed by atoms with van der Waals surface area (Å²) in [6, 6.07) is 5.94. The number of carbonyl (C=O) groups is 1. The molecule has 0 aliphatic carbocycles. The van der Waals surface area contributed by atoms with Crippen LogP contribution in [0.1, 0.15) is 18.5 Å². The van der Waals surface area contributed by atoms with E-state index < -0.39 is 0 Å². The van der Waals surface area contributed by atoms with Crippen LogP contribution in [0.3, 0.4) is 0 Å². The van der Waals surface area contributed by atoms with E-state index in [1.165, 1.54) is 0 Å². The fraction of sp³-hybridized carbons (Fsp3) is 0.556. The van der Waals surface area contributed by atoms with E-state index in [1.54, 1.807) is 30.2 Å². The molecule has 26 heavy (non-hydrogen) atoms. The molecule has 0 spiro atoms. The lowest BCUT2D eigenvalue weighted by Gasteiger charge is -2.37. The summed E-state index contributed by atoms with van der Waals surface area (Å²) in [5, 5.41) is 12.5. The summed E-state index contributed by atoms with van der Waals surface area (Å²) in [6.45, 7) is 3.32. The van der Waals surface area contributed by atoms with E-state index in [0.29, 0.717) is 24.7 Å². The lowest BCUT2D eigenvalue weighted by atomic mass is 9.79. The molecular weight excluding hydrogens is 370 g/mol. The molecule has 0 atom stereocenters. The van der Waals surface area contributed by atoms with E-state index in [0.717, 1.165) is 42.3 Å². The monoisotopic (exact) mass is 395 g/mol. The fourth-order valence-corrected chi connectivity index (χ4v) is 4.54. The molecule has 8 heteroatoms. The number of carbonyl (C=O) groups excluding carboxylic acids is 1. The van der Waals surface area contributed by atoms with Gasteiger partial charge >= 0.3 is 0 Å². The van der Waals surface area contributed by atoms with Crippen LogP contribution in [0.5, 0.6) is 0 Å². The first kappa shape index (κ1) is 19.4. The van der Waals surface area contributed by atoms with Gasteiger partial charge in [-0.2, -0.15) is 0 Å². The van der Waals surface area contributed by atoms with Crippen molar-refractivity contribution in [2.45, 2.75) is 18.6 Å². The maximum Gasteiger partial charge on any atom is 0.230 e. The van der Waals surface area contributed by atoms with E-state index in [9.17, 15) is 4.79 Å². The predicted molar refractivity (Wildman–Crippen MR) is 105 cm³/mol. The van der Waals surface area contributed by atoms with Gasteiger partial charge in [0, 0.05) is 30.9 Å². The second-order valence-corrected chi connectivity index (χ2v) is 8.55. The van der Waals surface area contributed by atoms with E-state index in [-0.39, 0.29) is 11.3 Å². The summed E-state index contributed by atoms with van der Waals surface area (Å²) >= 11 is 3.17. The fourth-order valence-electron chi connectivity index (χ4n) is 3.14. The Labute approximate surface area is 162 Å². The summed E-state index contributed by atoms with van der Waals surface area (Å²) in [7, 11) is 1.73.